The Kier molecular flexibility index (Phi) is 4.60. The lowest BCUT2D eigenvalue weighted by Gasteiger charge is -2.26. The van der Waals surface area contributed by atoms with Gasteiger partial charge in [-0.3, -0.25) is 4.79 Å². The van der Waals surface area contributed by atoms with E-state index in [-0.39, 0.29) is 22.4 Å². The van der Waals surface area contributed by atoms with Crippen LogP contribution in [-0.4, -0.2) is 25.5 Å². The van der Waals surface area contributed by atoms with Crippen molar-refractivity contribution in [2.45, 2.75) is 36.6 Å². The number of nitriles is 1. The van der Waals surface area contributed by atoms with E-state index in [1.165, 1.54) is 24.3 Å². The summed E-state index contributed by atoms with van der Waals surface area (Å²) in [6, 6.07) is 7.47. The smallest absolute Gasteiger partial charge is 0.306 e. The second-order valence-corrected chi connectivity index (χ2v) is 6.86. The maximum atomic E-state index is 12.2. The highest BCUT2D eigenvalue weighted by atomic mass is 32.2. The minimum atomic E-state index is -3.68. The number of nitrogens with one attached hydrogen (secondary N) is 1. The third-order valence-corrected chi connectivity index (χ3v) is 5.19. The van der Waals surface area contributed by atoms with E-state index in [9.17, 15) is 13.2 Å². The molecule has 6 nitrogen and oxygen atoms in total. The quantitative estimate of drug-likeness (QED) is 0.876. The summed E-state index contributed by atoms with van der Waals surface area (Å²) in [5, 5.41) is 17.7. The van der Waals surface area contributed by atoms with Crippen molar-refractivity contribution in [2.75, 3.05) is 0 Å². The summed E-state index contributed by atoms with van der Waals surface area (Å²) >= 11 is 0. The van der Waals surface area contributed by atoms with E-state index >= 15 is 0 Å². The zero-order valence-corrected chi connectivity index (χ0v) is 12.1. The Hall–Kier alpha value is -1.91. The van der Waals surface area contributed by atoms with Crippen molar-refractivity contribution in [1.29, 1.82) is 5.26 Å². The van der Waals surface area contributed by atoms with Crippen molar-refractivity contribution in [3.8, 4) is 6.07 Å². The number of aliphatic carboxylic acids is 1. The highest BCUT2D eigenvalue weighted by molar-refractivity contribution is 7.89. The minimum Gasteiger partial charge on any atom is -0.481 e. The van der Waals surface area contributed by atoms with Gasteiger partial charge in [-0.1, -0.05) is 6.07 Å². The molecule has 0 bridgehead atoms. The van der Waals surface area contributed by atoms with Crippen molar-refractivity contribution in [3.63, 3.8) is 0 Å². The van der Waals surface area contributed by atoms with E-state index in [4.69, 9.17) is 10.4 Å². The maximum absolute atomic E-state index is 12.2. The molecule has 2 rings (SSSR count). The van der Waals surface area contributed by atoms with Crippen LogP contribution in [0.2, 0.25) is 0 Å². The molecule has 0 amide bonds. The molecule has 1 fully saturated rings. The molecular formula is C14H16N2O4S. The molecule has 0 atom stereocenters. The lowest BCUT2D eigenvalue weighted by Crippen LogP contribution is -2.38. The number of carboxylic acid groups (broad SMARTS) is 1. The topological polar surface area (TPSA) is 107 Å². The molecular weight excluding hydrogens is 292 g/mol. The number of sulfonamides is 1. The summed E-state index contributed by atoms with van der Waals surface area (Å²) in [7, 11) is -3.68. The van der Waals surface area contributed by atoms with E-state index in [0.29, 0.717) is 25.7 Å². The third kappa shape index (κ3) is 3.80. The van der Waals surface area contributed by atoms with E-state index in [0.717, 1.165) is 0 Å². The molecule has 7 heteroatoms. The molecule has 1 aromatic rings. The maximum Gasteiger partial charge on any atom is 0.306 e. The minimum absolute atomic E-state index is 0.0573. The average Bonchev–Trinajstić information content (AvgIpc) is 2.47. The fourth-order valence-corrected chi connectivity index (χ4v) is 3.83. The molecule has 0 spiro atoms. The zero-order chi connectivity index (χ0) is 15.5. The molecule has 0 aromatic heterocycles. The molecule has 1 aliphatic rings. The van der Waals surface area contributed by atoms with Gasteiger partial charge in [0.15, 0.2) is 0 Å². The number of carbonyl (C=O) groups is 1. The summed E-state index contributed by atoms with van der Waals surface area (Å²) in [6.45, 7) is 0. The molecule has 0 saturated heterocycles. The van der Waals surface area contributed by atoms with Crippen LogP contribution in [0.1, 0.15) is 31.2 Å². The lowest BCUT2D eigenvalue weighted by atomic mass is 9.87. The van der Waals surface area contributed by atoms with E-state index in [1.54, 1.807) is 0 Å². The van der Waals surface area contributed by atoms with Gasteiger partial charge in [-0.15, -0.1) is 0 Å². The van der Waals surface area contributed by atoms with E-state index in [2.05, 4.69) is 4.72 Å². The second kappa shape index (κ2) is 6.24. The van der Waals surface area contributed by atoms with Gasteiger partial charge in [0.2, 0.25) is 10.0 Å². The third-order valence-electron chi connectivity index (χ3n) is 3.67. The van der Waals surface area contributed by atoms with Gasteiger partial charge in [0, 0.05) is 6.04 Å². The van der Waals surface area contributed by atoms with E-state index in [1.807, 2.05) is 6.07 Å². The van der Waals surface area contributed by atoms with Crippen LogP contribution in [0, 0.1) is 17.2 Å². The first kappa shape index (κ1) is 15.5. The van der Waals surface area contributed by atoms with Crippen LogP contribution < -0.4 is 4.72 Å². The number of hydrogen-bond acceptors (Lipinski definition) is 4. The second-order valence-electron chi connectivity index (χ2n) is 5.15. The van der Waals surface area contributed by atoms with Gasteiger partial charge in [-0.25, -0.2) is 13.1 Å². The molecule has 0 radical (unpaired) electrons. The lowest BCUT2D eigenvalue weighted by molar-refractivity contribution is -0.142. The van der Waals surface area contributed by atoms with Crippen LogP contribution in [-0.2, 0) is 14.8 Å². The molecule has 1 saturated carbocycles. The SMILES string of the molecule is N#Cc1cccc(S(=O)(=O)NC2CCC(C(=O)O)CC2)c1. The van der Waals surface area contributed by atoms with Crippen molar-refractivity contribution in [2.24, 2.45) is 5.92 Å². The first-order valence-corrected chi connectivity index (χ1v) is 8.16. The Morgan fingerprint density at radius 2 is 1.95 bits per heavy atom. The fourth-order valence-electron chi connectivity index (χ4n) is 2.48. The predicted molar refractivity (Wildman–Crippen MR) is 74.9 cm³/mol. The molecule has 1 aromatic carbocycles. The molecule has 112 valence electrons. The van der Waals surface area contributed by atoms with Gasteiger partial charge in [0.05, 0.1) is 22.4 Å². The molecule has 0 unspecified atom stereocenters. The highest BCUT2D eigenvalue weighted by Crippen LogP contribution is 2.25. The highest BCUT2D eigenvalue weighted by Gasteiger charge is 2.28. The van der Waals surface area contributed by atoms with Crippen LogP contribution >= 0.6 is 0 Å². The zero-order valence-electron chi connectivity index (χ0n) is 11.3. The molecule has 0 heterocycles. The van der Waals surface area contributed by atoms with Crippen molar-refractivity contribution in [1.82, 2.24) is 4.72 Å². The number of carboxylic acids is 1. The molecule has 21 heavy (non-hydrogen) atoms. The van der Waals surface area contributed by atoms with E-state index < -0.39 is 16.0 Å². The number of nitrogens with zero attached hydrogens (tertiary/aromatic N) is 1. The first-order valence-electron chi connectivity index (χ1n) is 6.67. The Morgan fingerprint density at radius 1 is 1.29 bits per heavy atom. The number of benzene rings is 1. The standard InChI is InChI=1S/C14H16N2O4S/c15-9-10-2-1-3-13(8-10)21(19,20)16-12-6-4-11(5-7-12)14(17)18/h1-3,8,11-12,16H,4-7H2,(H,17,18). The fraction of sp³-hybridized carbons (Fsp3) is 0.429. The normalized spacial score (nSPS) is 22.4. The Morgan fingerprint density at radius 3 is 2.52 bits per heavy atom. The number of hydrogen-bond donors (Lipinski definition) is 2. The summed E-state index contributed by atoms with van der Waals surface area (Å²) in [4.78, 5) is 10.9. The summed E-state index contributed by atoms with van der Waals surface area (Å²) < 4.78 is 27.1. The summed E-state index contributed by atoms with van der Waals surface area (Å²) in [5.41, 5.74) is 0.285. The summed E-state index contributed by atoms with van der Waals surface area (Å²) in [5.74, 6) is -1.20. The monoisotopic (exact) mass is 308 g/mol. The predicted octanol–water partition coefficient (Wildman–Crippen LogP) is 1.48. The molecule has 0 aliphatic heterocycles. The van der Waals surface area contributed by atoms with Crippen LogP contribution in [0.3, 0.4) is 0 Å². The molecule has 2 N–H and O–H groups in total. The van der Waals surface area contributed by atoms with Crippen molar-refractivity contribution < 1.29 is 18.3 Å². The van der Waals surface area contributed by atoms with Gasteiger partial charge in [0.1, 0.15) is 0 Å². The van der Waals surface area contributed by atoms with Gasteiger partial charge in [-0.05, 0) is 43.9 Å². The van der Waals surface area contributed by atoms with Crippen LogP contribution in [0.5, 0.6) is 0 Å². The van der Waals surface area contributed by atoms with Crippen LogP contribution in [0.4, 0.5) is 0 Å². The van der Waals surface area contributed by atoms with Crippen LogP contribution in [0.25, 0.3) is 0 Å². The van der Waals surface area contributed by atoms with Crippen LogP contribution in [0.15, 0.2) is 29.2 Å². The van der Waals surface area contributed by atoms with Gasteiger partial charge >= 0.3 is 5.97 Å². The van der Waals surface area contributed by atoms with Gasteiger partial charge in [0.25, 0.3) is 0 Å². The average molecular weight is 308 g/mol. The molecule has 1 aliphatic carbocycles. The first-order chi connectivity index (χ1) is 9.92. The Bertz CT molecular complexity index is 670. The van der Waals surface area contributed by atoms with Gasteiger partial charge in [-0.2, -0.15) is 5.26 Å². The Labute approximate surface area is 123 Å². The van der Waals surface area contributed by atoms with Crippen molar-refractivity contribution >= 4 is 16.0 Å². The number of rotatable bonds is 4. The largest absolute Gasteiger partial charge is 0.481 e. The van der Waals surface area contributed by atoms with Crippen molar-refractivity contribution in [3.05, 3.63) is 29.8 Å². The Balaban J connectivity index is 2.05. The van der Waals surface area contributed by atoms with Gasteiger partial charge < -0.3 is 5.11 Å². The summed E-state index contributed by atoms with van der Waals surface area (Å²) in [6.07, 6.45) is 1.96.